The molecule has 0 aliphatic rings. The van der Waals surface area contributed by atoms with Crippen molar-refractivity contribution in [2.75, 3.05) is 0 Å². The summed E-state index contributed by atoms with van der Waals surface area (Å²) in [5.74, 6) is 1.38. The zero-order valence-corrected chi connectivity index (χ0v) is 20.8. The van der Waals surface area contributed by atoms with Crippen molar-refractivity contribution in [2.24, 2.45) is 0 Å². The SMILES string of the molecule is O=P(Oc1ccccc1)(Oc1ccccc1)OC(CCc1ccccc1)OPOc1ccccc1. The summed E-state index contributed by atoms with van der Waals surface area (Å²) in [5, 5.41) is 0. The average Bonchev–Trinajstić information content (AvgIpc) is 2.89. The molecule has 0 aliphatic heterocycles. The first-order valence-electron chi connectivity index (χ1n) is 11.1. The first-order valence-corrected chi connectivity index (χ1v) is 13.4. The van der Waals surface area contributed by atoms with E-state index in [0.29, 0.717) is 30.1 Å². The maximum absolute atomic E-state index is 13.8. The highest BCUT2D eigenvalue weighted by molar-refractivity contribution is 7.49. The van der Waals surface area contributed by atoms with E-state index >= 15 is 0 Å². The highest BCUT2D eigenvalue weighted by Crippen LogP contribution is 2.51. The van der Waals surface area contributed by atoms with Gasteiger partial charge in [-0.1, -0.05) is 84.9 Å². The number of hydrogen-bond acceptors (Lipinski definition) is 6. The predicted molar refractivity (Wildman–Crippen MR) is 138 cm³/mol. The molecule has 0 saturated carbocycles. The van der Waals surface area contributed by atoms with Crippen molar-refractivity contribution in [3.8, 4) is 17.2 Å². The third kappa shape index (κ3) is 8.54. The molecule has 35 heavy (non-hydrogen) atoms. The molecule has 2 atom stereocenters. The Bertz CT molecular complexity index is 1130. The molecule has 0 spiro atoms. The number of hydrogen-bond donors (Lipinski definition) is 0. The fourth-order valence-electron chi connectivity index (χ4n) is 3.10. The summed E-state index contributed by atoms with van der Waals surface area (Å²) in [6.07, 6.45) is 0.142. The largest absolute Gasteiger partial charge is 0.589 e. The van der Waals surface area contributed by atoms with Crippen LogP contribution in [0.4, 0.5) is 0 Å². The maximum Gasteiger partial charge on any atom is 0.589 e. The van der Waals surface area contributed by atoms with Crippen molar-refractivity contribution >= 4 is 16.9 Å². The number of benzene rings is 4. The van der Waals surface area contributed by atoms with Gasteiger partial charge in [-0.2, -0.15) is 0 Å². The van der Waals surface area contributed by atoms with Crippen LogP contribution in [0.5, 0.6) is 17.2 Å². The number of aryl methyl sites for hydroxylation is 1. The van der Waals surface area contributed by atoms with Crippen LogP contribution in [0.2, 0.25) is 0 Å². The Kier molecular flexibility index (Phi) is 9.33. The molecule has 0 aliphatic carbocycles. The second-order valence-electron chi connectivity index (χ2n) is 7.43. The first kappa shape index (κ1) is 25.0. The van der Waals surface area contributed by atoms with E-state index in [1.165, 1.54) is 0 Å². The summed E-state index contributed by atoms with van der Waals surface area (Å²) >= 11 is 0. The summed E-state index contributed by atoms with van der Waals surface area (Å²) in [7, 11) is -4.51. The summed E-state index contributed by atoms with van der Waals surface area (Å²) in [5.41, 5.74) is 1.10. The van der Waals surface area contributed by atoms with Gasteiger partial charge >= 0.3 is 7.82 Å². The minimum Gasteiger partial charge on any atom is -0.450 e. The lowest BCUT2D eigenvalue weighted by atomic mass is 10.1. The van der Waals surface area contributed by atoms with E-state index in [9.17, 15) is 4.57 Å². The van der Waals surface area contributed by atoms with E-state index < -0.39 is 14.1 Å². The van der Waals surface area contributed by atoms with Gasteiger partial charge < -0.3 is 13.6 Å². The molecular weight excluding hydrogens is 482 g/mol. The highest BCUT2D eigenvalue weighted by Gasteiger charge is 2.35. The number of rotatable bonds is 13. The van der Waals surface area contributed by atoms with Crippen LogP contribution in [-0.4, -0.2) is 6.29 Å². The second-order valence-corrected chi connectivity index (χ2v) is 9.51. The molecule has 2 unspecified atom stereocenters. The molecule has 4 aromatic carbocycles. The van der Waals surface area contributed by atoms with E-state index in [4.69, 9.17) is 22.6 Å². The molecule has 4 rings (SSSR count). The number of phosphoric acid groups is 1. The Balaban J connectivity index is 1.50. The molecule has 0 heterocycles. The van der Waals surface area contributed by atoms with Crippen LogP contribution in [-0.2, 0) is 20.0 Å². The van der Waals surface area contributed by atoms with Crippen molar-refractivity contribution in [3.05, 3.63) is 127 Å². The van der Waals surface area contributed by atoms with Gasteiger partial charge in [-0.15, -0.1) is 0 Å². The lowest BCUT2D eigenvalue weighted by Crippen LogP contribution is -2.18. The summed E-state index contributed by atoms with van der Waals surface area (Å²) in [4.78, 5) is 0. The summed E-state index contributed by atoms with van der Waals surface area (Å²) in [6.45, 7) is 0. The molecule has 0 amide bonds. The van der Waals surface area contributed by atoms with Crippen molar-refractivity contribution in [2.45, 2.75) is 19.1 Å². The Morgan fingerprint density at radius 2 is 1.09 bits per heavy atom. The third-order valence-electron chi connectivity index (χ3n) is 4.76. The zero-order chi connectivity index (χ0) is 24.2. The Morgan fingerprint density at radius 1 is 0.629 bits per heavy atom. The van der Waals surface area contributed by atoms with Crippen LogP contribution < -0.4 is 13.6 Å². The van der Waals surface area contributed by atoms with Gasteiger partial charge in [0.05, 0.1) is 0 Å². The monoisotopic (exact) mass is 508 g/mol. The molecule has 0 N–H and O–H groups in total. The minimum atomic E-state index is -4.13. The van der Waals surface area contributed by atoms with Crippen molar-refractivity contribution in [3.63, 3.8) is 0 Å². The Morgan fingerprint density at radius 3 is 1.60 bits per heavy atom. The quantitative estimate of drug-likeness (QED) is 0.135. The third-order valence-corrected chi connectivity index (χ3v) is 6.80. The van der Waals surface area contributed by atoms with Gasteiger partial charge in [0.2, 0.25) is 9.03 Å². The van der Waals surface area contributed by atoms with Crippen molar-refractivity contribution < 1.29 is 27.2 Å². The maximum atomic E-state index is 13.8. The van der Waals surface area contributed by atoms with E-state index in [0.717, 1.165) is 5.56 Å². The molecule has 4 aromatic rings. The Labute approximate surface area is 207 Å². The fourth-order valence-corrected chi connectivity index (χ4v) is 5.06. The standard InChI is InChI=1S/C27H26O6P2/c28-35(31-25-17-9-3-10-18-25,32-26-19-11-4-12-20-26)33-27(22-21-23-13-5-1-6-14-23)30-34-29-24-15-7-2-8-16-24/h1-20,27,34H,21-22H2. The molecule has 6 nitrogen and oxygen atoms in total. The topological polar surface area (TPSA) is 63.2 Å². The molecule has 0 radical (unpaired) electrons. The molecule has 0 saturated heterocycles. The van der Waals surface area contributed by atoms with Crippen LogP contribution >= 0.6 is 16.9 Å². The molecule has 8 heteroatoms. The van der Waals surface area contributed by atoms with Crippen LogP contribution in [0, 0.1) is 0 Å². The fraction of sp³-hybridized carbons (Fsp3) is 0.111. The zero-order valence-electron chi connectivity index (χ0n) is 18.9. The van der Waals surface area contributed by atoms with Crippen molar-refractivity contribution in [1.82, 2.24) is 0 Å². The minimum absolute atomic E-state index is 0.358. The van der Waals surface area contributed by atoms with Gasteiger partial charge in [0.1, 0.15) is 17.2 Å². The normalized spacial score (nSPS) is 12.3. The summed E-state index contributed by atoms with van der Waals surface area (Å²) in [6, 6.07) is 36.8. The predicted octanol–water partition coefficient (Wildman–Crippen LogP) is 7.83. The van der Waals surface area contributed by atoms with Gasteiger partial charge in [0, 0.05) is 6.42 Å². The van der Waals surface area contributed by atoms with Gasteiger partial charge in [-0.25, -0.2) is 9.09 Å². The highest BCUT2D eigenvalue weighted by atomic mass is 31.2. The van der Waals surface area contributed by atoms with Crippen LogP contribution in [0.3, 0.4) is 0 Å². The van der Waals surface area contributed by atoms with Crippen molar-refractivity contribution in [1.29, 1.82) is 0 Å². The van der Waals surface area contributed by atoms with E-state index in [-0.39, 0.29) is 9.03 Å². The molecule has 0 fully saturated rings. The van der Waals surface area contributed by atoms with Crippen LogP contribution in [0.15, 0.2) is 121 Å². The average molecular weight is 508 g/mol. The first-order chi connectivity index (χ1) is 17.2. The number of phosphoric ester groups is 1. The van der Waals surface area contributed by atoms with Gasteiger partial charge in [-0.05, 0) is 48.4 Å². The van der Waals surface area contributed by atoms with E-state index in [1.54, 1.807) is 48.5 Å². The lowest BCUT2D eigenvalue weighted by molar-refractivity contribution is -0.0113. The van der Waals surface area contributed by atoms with E-state index in [1.807, 2.05) is 72.8 Å². The molecular formula is C27H26O6P2. The van der Waals surface area contributed by atoms with Crippen LogP contribution in [0.1, 0.15) is 12.0 Å². The van der Waals surface area contributed by atoms with E-state index in [2.05, 4.69) is 0 Å². The summed E-state index contributed by atoms with van der Waals surface area (Å²) < 4.78 is 42.8. The van der Waals surface area contributed by atoms with Gasteiger partial charge in [-0.3, -0.25) is 4.52 Å². The second kappa shape index (κ2) is 13.1. The molecule has 180 valence electrons. The Hall–Kier alpha value is -3.14. The van der Waals surface area contributed by atoms with Gasteiger partial charge in [0.25, 0.3) is 0 Å². The lowest BCUT2D eigenvalue weighted by Gasteiger charge is -2.24. The number of para-hydroxylation sites is 3. The smallest absolute Gasteiger partial charge is 0.450 e. The molecule has 0 aromatic heterocycles. The van der Waals surface area contributed by atoms with Crippen LogP contribution in [0.25, 0.3) is 0 Å². The van der Waals surface area contributed by atoms with Gasteiger partial charge in [0.15, 0.2) is 6.29 Å². The molecule has 0 bridgehead atoms.